The Labute approximate surface area is 84.8 Å². The number of aromatic nitrogens is 5. The van der Waals surface area contributed by atoms with Crippen LogP contribution in [0.1, 0.15) is 5.82 Å². The van der Waals surface area contributed by atoms with E-state index in [1.807, 2.05) is 13.0 Å². The quantitative estimate of drug-likeness (QED) is 0.573. The largest absolute Gasteiger partial charge is 0.366 e. The molecule has 3 heterocycles. The molecular weight excluding hydrogens is 192 g/mol. The molecule has 0 aliphatic heterocycles. The average molecular weight is 200 g/mol. The third-order valence-corrected chi connectivity index (χ3v) is 2.25. The first-order valence-corrected chi connectivity index (χ1v) is 4.48. The molecular formula is C9H8N6. The van der Waals surface area contributed by atoms with Gasteiger partial charge < -0.3 is 5.73 Å². The first-order chi connectivity index (χ1) is 7.25. The molecule has 0 aliphatic rings. The monoisotopic (exact) mass is 200 g/mol. The van der Waals surface area contributed by atoms with Crippen molar-refractivity contribution in [1.82, 2.24) is 24.6 Å². The molecule has 0 atom stereocenters. The van der Waals surface area contributed by atoms with E-state index >= 15 is 0 Å². The van der Waals surface area contributed by atoms with Crippen molar-refractivity contribution in [1.29, 1.82) is 0 Å². The number of pyridine rings is 1. The second kappa shape index (κ2) is 2.63. The number of hydrogen-bond acceptors (Lipinski definition) is 5. The van der Waals surface area contributed by atoms with Gasteiger partial charge in [0.25, 0.3) is 0 Å². The minimum absolute atomic E-state index is 0.254. The minimum atomic E-state index is 0.254. The van der Waals surface area contributed by atoms with E-state index in [0.29, 0.717) is 0 Å². The number of aryl methyl sites for hydroxylation is 1. The lowest BCUT2D eigenvalue weighted by molar-refractivity contribution is 0.880. The van der Waals surface area contributed by atoms with Crippen LogP contribution < -0.4 is 5.73 Å². The van der Waals surface area contributed by atoms with E-state index in [0.717, 1.165) is 22.4 Å². The van der Waals surface area contributed by atoms with E-state index < -0.39 is 0 Å². The number of nitrogens with zero attached hydrogens (tertiary/aromatic N) is 5. The molecule has 0 radical (unpaired) electrons. The maximum absolute atomic E-state index is 5.56. The maximum Gasteiger partial charge on any atom is 0.240 e. The molecule has 3 rings (SSSR count). The van der Waals surface area contributed by atoms with E-state index in [4.69, 9.17) is 5.73 Å². The average Bonchev–Trinajstić information content (AvgIpc) is 2.61. The third kappa shape index (κ3) is 1.04. The zero-order valence-corrected chi connectivity index (χ0v) is 8.05. The van der Waals surface area contributed by atoms with E-state index in [1.165, 1.54) is 0 Å². The van der Waals surface area contributed by atoms with Crippen molar-refractivity contribution in [2.45, 2.75) is 6.92 Å². The van der Waals surface area contributed by atoms with Crippen LogP contribution in [0.5, 0.6) is 0 Å². The van der Waals surface area contributed by atoms with Crippen LogP contribution in [0, 0.1) is 6.92 Å². The van der Waals surface area contributed by atoms with Gasteiger partial charge in [-0.05, 0) is 13.0 Å². The van der Waals surface area contributed by atoms with Crippen LogP contribution in [0.3, 0.4) is 0 Å². The maximum atomic E-state index is 5.56. The summed E-state index contributed by atoms with van der Waals surface area (Å²) in [6.07, 6.45) is 3.40. The Hall–Kier alpha value is -2.24. The second-order valence-electron chi connectivity index (χ2n) is 3.26. The van der Waals surface area contributed by atoms with Gasteiger partial charge in [0, 0.05) is 11.6 Å². The summed E-state index contributed by atoms with van der Waals surface area (Å²) in [7, 11) is 0. The normalized spacial score (nSPS) is 11.3. The van der Waals surface area contributed by atoms with Gasteiger partial charge in [-0.25, -0.2) is 4.98 Å². The summed E-state index contributed by atoms with van der Waals surface area (Å²) in [6, 6.07) is 1.85. The molecule has 3 aromatic rings. The molecule has 0 spiro atoms. The van der Waals surface area contributed by atoms with Crippen molar-refractivity contribution in [3.8, 4) is 0 Å². The van der Waals surface area contributed by atoms with Crippen LogP contribution in [-0.4, -0.2) is 24.6 Å². The summed E-state index contributed by atoms with van der Waals surface area (Å²) in [5.74, 6) is 0.999. The zero-order valence-electron chi connectivity index (χ0n) is 8.05. The van der Waals surface area contributed by atoms with Crippen LogP contribution in [-0.2, 0) is 0 Å². The van der Waals surface area contributed by atoms with Crippen molar-refractivity contribution >= 4 is 22.5 Å². The summed E-state index contributed by atoms with van der Waals surface area (Å²) in [6.45, 7) is 1.85. The molecule has 0 bridgehead atoms. The van der Waals surface area contributed by atoms with Crippen molar-refractivity contribution in [2.24, 2.45) is 0 Å². The van der Waals surface area contributed by atoms with Crippen LogP contribution in [0.2, 0.25) is 0 Å². The van der Waals surface area contributed by atoms with Gasteiger partial charge in [-0.1, -0.05) is 0 Å². The van der Waals surface area contributed by atoms with Crippen molar-refractivity contribution in [2.75, 3.05) is 5.73 Å². The molecule has 0 amide bonds. The Morgan fingerprint density at radius 3 is 3.07 bits per heavy atom. The Morgan fingerprint density at radius 2 is 2.20 bits per heavy atom. The fourth-order valence-corrected chi connectivity index (χ4v) is 1.61. The number of nitrogens with two attached hydrogens (primary N) is 1. The van der Waals surface area contributed by atoms with Crippen molar-refractivity contribution in [3.05, 3.63) is 24.3 Å². The number of nitrogen functional groups attached to an aromatic ring is 1. The Morgan fingerprint density at radius 1 is 1.33 bits per heavy atom. The standard InChI is InChI=1S/C9H8N6/c1-5-12-7-4-11-3-2-6(7)8-13-9(10)14-15(5)8/h2-4H,1H3,(H2,10,14). The number of anilines is 1. The molecule has 0 saturated carbocycles. The van der Waals surface area contributed by atoms with Gasteiger partial charge in [0.15, 0.2) is 5.65 Å². The topological polar surface area (TPSA) is 82.0 Å². The lowest BCUT2D eigenvalue weighted by Gasteiger charge is -2.00. The molecule has 0 saturated heterocycles. The first-order valence-electron chi connectivity index (χ1n) is 4.48. The fourth-order valence-electron chi connectivity index (χ4n) is 1.61. The van der Waals surface area contributed by atoms with E-state index in [9.17, 15) is 0 Å². The zero-order chi connectivity index (χ0) is 10.4. The smallest absolute Gasteiger partial charge is 0.240 e. The molecule has 3 aromatic heterocycles. The van der Waals surface area contributed by atoms with E-state index in [-0.39, 0.29) is 5.95 Å². The van der Waals surface area contributed by atoms with Gasteiger partial charge in [0.2, 0.25) is 5.95 Å². The van der Waals surface area contributed by atoms with Crippen LogP contribution in [0.25, 0.3) is 16.6 Å². The SMILES string of the molecule is Cc1nc2cnccc2c2nc(N)nn12. The van der Waals surface area contributed by atoms with Gasteiger partial charge in [0.05, 0.1) is 11.7 Å². The highest BCUT2D eigenvalue weighted by molar-refractivity contribution is 5.90. The highest BCUT2D eigenvalue weighted by Gasteiger charge is 2.08. The summed E-state index contributed by atoms with van der Waals surface area (Å²) in [5.41, 5.74) is 7.08. The van der Waals surface area contributed by atoms with E-state index in [1.54, 1.807) is 16.9 Å². The van der Waals surface area contributed by atoms with Crippen LogP contribution in [0.4, 0.5) is 5.95 Å². The Bertz CT molecular complexity index is 656. The highest BCUT2D eigenvalue weighted by Crippen LogP contribution is 2.16. The van der Waals surface area contributed by atoms with E-state index in [2.05, 4.69) is 20.1 Å². The Kier molecular flexibility index (Phi) is 1.42. The molecule has 2 N–H and O–H groups in total. The highest BCUT2D eigenvalue weighted by atomic mass is 15.3. The number of hydrogen-bond donors (Lipinski definition) is 1. The molecule has 0 fully saturated rings. The molecule has 15 heavy (non-hydrogen) atoms. The van der Waals surface area contributed by atoms with Crippen LogP contribution >= 0.6 is 0 Å². The van der Waals surface area contributed by atoms with Gasteiger partial charge in [-0.2, -0.15) is 9.50 Å². The van der Waals surface area contributed by atoms with Gasteiger partial charge >= 0.3 is 0 Å². The Balaban J connectivity index is 2.63. The molecule has 6 heteroatoms. The number of fused-ring (bicyclic) bond motifs is 3. The van der Waals surface area contributed by atoms with Gasteiger partial charge in [-0.3, -0.25) is 4.98 Å². The summed E-state index contributed by atoms with van der Waals surface area (Å²) >= 11 is 0. The summed E-state index contributed by atoms with van der Waals surface area (Å²) in [4.78, 5) is 12.5. The summed E-state index contributed by atoms with van der Waals surface area (Å²) < 4.78 is 1.64. The molecule has 0 aromatic carbocycles. The number of rotatable bonds is 0. The lowest BCUT2D eigenvalue weighted by atomic mass is 10.3. The van der Waals surface area contributed by atoms with Crippen molar-refractivity contribution in [3.63, 3.8) is 0 Å². The predicted molar refractivity (Wildman–Crippen MR) is 55.2 cm³/mol. The first kappa shape index (κ1) is 8.10. The minimum Gasteiger partial charge on any atom is -0.366 e. The molecule has 6 nitrogen and oxygen atoms in total. The molecule has 0 unspecified atom stereocenters. The second-order valence-corrected chi connectivity index (χ2v) is 3.26. The summed E-state index contributed by atoms with van der Waals surface area (Å²) in [5, 5.41) is 4.97. The lowest BCUT2D eigenvalue weighted by Crippen LogP contribution is -1.98. The van der Waals surface area contributed by atoms with Gasteiger partial charge in [0.1, 0.15) is 5.82 Å². The van der Waals surface area contributed by atoms with Gasteiger partial charge in [-0.15, -0.1) is 5.10 Å². The fraction of sp³-hybridized carbons (Fsp3) is 0.111. The van der Waals surface area contributed by atoms with Crippen LogP contribution in [0.15, 0.2) is 18.5 Å². The van der Waals surface area contributed by atoms with Crippen molar-refractivity contribution < 1.29 is 0 Å². The molecule has 0 aliphatic carbocycles. The predicted octanol–water partition coefficient (Wildman–Crippen LogP) is 0.563. The third-order valence-electron chi connectivity index (χ3n) is 2.25. The molecule has 74 valence electrons.